The highest BCUT2D eigenvalue weighted by Gasteiger charge is 2.06. The monoisotopic (exact) mass is 191 g/mol. The van der Waals surface area contributed by atoms with Gasteiger partial charge in [-0.3, -0.25) is 4.79 Å². The molecule has 3 heteroatoms. The van der Waals surface area contributed by atoms with Gasteiger partial charge in [0.15, 0.2) is 0 Å². The zero-order valence-electron chi connectivity index (χ0n) is 7.90. The first-order valence-electron chi connectivity index (χ1n) is 4.59. The van der Waals surface area contributed by atoms with E-state index in [1.165, 1.54) is 0 Å². The normalized spacial score (nSPS) is 10.3. The summed E-state index contributed by atoms with van der Waals surface area (Å²) in [7, 11) is 0. The molecule has 0 heterocycles. The van der Waals surface area contributed by atoms with Crippen LogP contribution in [0.15, 0.2) is 0 Å². The van der Waals surface area contributed by atoms with E-state index in [2.05, 4.69) is 19.2 Å². The van der Waals surface area contributed by atoms with Gasteiger partial charge < -0.3 is 5.32 Å². The lowest BCUT2D eigenvalue weighted by Gasteiger charge is -2.13. The summed E-state index contributed by atoms with van der Waals surface area (Å²) in [6.07, 6.45) is 3.33. The third-order valence-electron chi connectivity index (χ3n) is 1.89. The Bertz CT molecular complexity index is 124. The van der Waals surface area contributed by atoms with Crippen molar-refractivity contribution < 1.29 is 4.79 Å². The second-order valence-corrected chi connectivity index (χ2v) is 3.25. The van der Waals surface area contributed by atoms with Crippen LogP contribution in [0, 0.1) is 0 Å². The Hall–Kier alpha value is -0.240. The molecule has 0 rings (SSSR count). The number of alkyl halides is 1. The van der Waals surface area contributed by atoms with Gasteiger partial charge in [-0.2, -0.15) is 0 Å². The van der Waals surface area contributed by atoms with Gasteiger partial charge in [-0.1, -0.05) is 13.8 Å². The van der Waals surface area contributed by atoms with Gasteiger partial charge in [-0.15, -0.1) is 11.6 Å². The summed E-state index contributed by atoms with van der Waals surface area (Å²) in [5.74, 6) is 0.695. The third kappa shape index (κ3) is 5.42. The van der Waals surface area contributed by atoms with Crippen LogP contribution in [0.3, 0.4) is 0 Å². The average Bonchev–Trinajstić information content (AvgIpc) is 2.10. The molecule has 0 aliphatic heterocycles. The van der Waals surface area contributed by atoms with Gasteiger partial charge in [-0.25, -0.2) is 0 Å². The van der Waals surface area contributed by atoms with Crippen LogP contribution in [0.4, 0.5) is 0 Å². The summed E-state index contributed by atoms with van der Waals surface area (Å²) < 4.78 is 0. The van der Waals surface area contributed by atoms with E-state index in [1.54, 1.807) is 0 Å². The van der Waals surface area contributed by atoms with Gasteiger partial charge in [-0.05, 0) is 19.3 Å². The van der Waals surface area contributed by atoms with Crippen LogP contribution in [0.1, 0.15) is 39.5 Å². The summed E-state index contributed by atoms with van der Waals surface area (Å²) in [5, 5.41) is 2.95. The molecular weight excluding hydrogens is 174 g/mol. The Morgan fingerprint density at radius 1 is 1.42 bits per heavy atom. The fraction of sp³-hybridized carbons (Fsp3) is 0.889. The van der Waals surface area contributed by atoms with E-state index in [9.17, 15) is 4.79 Å². The predicted molar refractivity (Wildman–Crippen MR) is 52.5 cm³/mol. The molecule has 0 aliphatic carbocycles. The van der Waals surface area contributed by atoms with Crippen molar-refractivity contribution in [2.45, 2.75) is 45.6 Å². The Morgan fingerprint density at radius 3 is 2.42 bits per heavy atom. The lowest BCUT2D eigenvalue weighted by atomic mass is 10.1. The first-order chi connectivity index (χ1) is 5.74. The van der Waals surface area contributed by atoms with Crippen LogP contribution in [0.25, 0.3) is 0 Å². The summed E-state index contributed by atoms with van der Waals surface area (Å²) in [5.41, 5.74) is 0. The van der Waals surface area contributed by atoms with Crippen LogP contribution in [-0.4, -0.2) is 17.8 Å². The number of halogens is 1. The summed E-state index contributed by atoms with van der Waals surface area (Å²) >= 11 is 5.47. The summed E-state index contributed by atoms with van der Waals surface area (Å²) in [6.45, 7) is 4.16. The van der Waals surface area contributed by atoms with Crippen LogP contribution >= 0.6 is 11.6 Å². The maximum atomic E-state index is 11.2. The first kappa shape index (κ1) is 11.8. The quantitative estimate of drug-likeness (QED) is 0.642. The minimum absolute atomic E-state index is 0.129. The number of hydrogen-bond donors (Lipinski definition) is 1. The van der Waals surface area contributed by atoms with Crippen LogP contribution < -0.4 is 5.32 Å². The summed E-state index contributed by atoms with van der Waals surface area (Å²) in [4.78, 5) is 11.2. The second-order valence-electron chi connectivity index (χ2n) is 2.87. The highest BCUT2D eigenvalue weighted by Crippen LogP contribution is 1.98. The Balaban J connectivity index is 3.52. The van der Waals surface area contributed by atoms with Gasteiger partial charge in [0.25, 0.3) is 0 Å². The highest BCUT2D eigenvalue weighted by atomic mass is 35.5. The SMILES string of the molecule is CCC(CC)NC(=O)CCCCl. The molecule has 0 saturated carbocycles. The highest BCUT2D eigenvalue weighted by molar-refractivity contribution is 6.17. The maximum Gasteiger partial charge on any atom is 0.220 e. The van der Waals surface area contributed by atoms with E-state index in [0.717, 1.165) is 19.3 Å². The molecule has 0 saturated heterocycles. The molecular formula is C9H18ClNO. The van der Waals surface area contributed by atoms with Crippen molar-refractivity contribution in [3.05, 3.63) is 0 Å². The third-order valence-corrected chi connectivity index (χ3v) is 2.16. The molecule has 0 aromatic heterocycles. The maximum absolute atomic E-state index is 11.2. The minimum atomic E-state index is 0.129. The van der Waals surface area contributed by atoms with Gasteiger partial charge >= 0.3 is 0 Å². The Kier molecular flexibility index (Phi) is 7.26. The van der Waals surface area contributed by atoms with E-state index in [0.29, 0.717) is 18.3 Å². The van der Waals surface area contributed by atoms with E-state index in [4.69, 9.17) is 11.6 Å². The molecule has 72 valence electrons. The molecule has 0 atom stereocenters. The average molecular weight is 192 g/mol. The van der Waals surface area contributed by atoms with Gasteiger partial charge in [0, 0.05) is 18.3 Å². The number of rotatable bonds is 6. The minimum Gasteiger partial charge on any atom is -0.353 e. The summed E-state index contributed by atoms with van der Waals surface area (Å²) in [6, 6.07) is 0.341. The fourth-order valence-electron chi connectivity index (χ4n) is 1.02. The lowest BCUT2D eigenvalue weighted by molar-refractivity contribution is -0.121. The van der Waals surface area contributed by atoms with Crippen molar-refractivity contribution in [3.63, 3.8) is 0 Å². The molecule has 2 nitrogen and oxygen atoms in total. The van der Waals surface area contributed by atoms with Gasteiger partial charge in [0.05, 0.1) is 0 Å². The first-order valence-corrected chi connectivity index (χ1v) is 5.13. The van der Waals surface area contributed by atoms with E-state index in [-0.39, 0.29) is 5.91 Å². The molecule has 1 amide bonds. The van der Waals surface area contributed by atoms with Crippen molar-refractivity contribution >= 4 is 17.5 Å². The van der Waals surface area contributed by atoms with E-state index >= 15 is 0 Å². The molecule has 0 unspecified atom stereocenters. The Morgan fingerprint density at radius 2 is 2.00 bits per heavy atom. The van der Waals surface area contributed by atoms with E-state index in [1.807, 2.05) is 0 Å². The molecule has 0 aromatic carbocycles. The molecule has 0 aliphatic rings. The standard InChI is InChI=1S/C9H18ClNO/c1-3-8(4-2)11-9(12)6-5-7-10/h8H,3-7H2,1-2H3,(H,11,12). The zero-order chi connectivity index (χ0) is 9.40. The molecule has 0 fully saturated rings. The number of hydrogen-bond acceptors (Lipinski definition) is 1. The number of carbonyl (C=O) groups is 1. The molecule has 0 bridgehead atoms. The molecule has 0 spiro atoms. The molecule has 1 N–H and O–H groups in total. The van der Waals surface area contributed by atoms with E-state index < -0.39 is 0 Å². The second kappa shape index (κ2) is 7.41. The predicted octanol–water partition coefficient (Wildman–Crippen LogP) is 2.31. The smallest absolute Gasteiger partial charge is 0.220 e. The molecule has 0 radical (unpaired) electrons. The topological polar surface area (TPSA) is 29.1 Å². The van der Waals surface area contributed by atoms with Crippen molar-refractivity contribution in [1.29, 1.82) is 0 Å². The van der Waals surface area contributed by atoms with Crippen molar-refractivity contribution in [3.8, 4) is 0 Å². The van der Waals surface area contributed by atoms with Crippen molar-refractivity contribution in [2.24, 2.45) is 0 Å². The van der Waals surface area contributed by atoms with Crippen molar-refractivity contribution in [1.82, 2.24) is 5.32 Å². The molecule has 12 heavy (non-hydrogen) atoms. The lowest BCUT2D eigenvalue weighted by Crippen LogP contribution is -2.33. The van der Waals surface area contributed by atoms with Gasteiger partial charge in [0.2, 0.25) is 5.91 Å². The Labute approximate surface area is 79.7 Å². The van der Waals surface area contributed by atoms with Crippen LogP contribution in [0.2, 0.25) is 0 Å². The van der Waals surface area contributed by atoms with Gasteiger partial charge in [0.1, 0.15) is 0 Å². The number of carbonyl (C=O) groups excluding carboxylic acids is 1. The zero-order valence-corrected chi connectivity index (χ0v) is 8.66. The number of nitrogens with one attached hydrogen (secondary N) is 1. The van der Waals surface area contributed by atoms with Crippen molar-refractivity contribution in [2.75, 3.05) is 5.88 Å². The number of amides is 1. The molecule has 0 aromatic rings. The fourth-order valence-corrected chi connectivity index (χ4v) is 1.15. The largest absolute Gasteiger partial charge is 0.353 e. The van der Waals surface area contributed by atoms with Crippen LogP contribution in [-0.2, 0) is 4.79 Å². The van der Waals surface area contributed by atoms with Crippen LogP contribution in [0.5, 0.6) is 0 Å².